The predicted molar refractivity (Wildman–Crippen MR) is 76.7 cm³/mol. The van der Waals surface area contributed by atoms with E-state index >= 15 is 0 Å². The quantitative estimate of drug-likeness (QED) is 0.903. The SMILES string of the molecule is CNCc1oc(COc2ccc(C)cc2Cl)cc1C. The van der Waals surface area contributed by atoms with Crippen LogP contribution in [0, 0.1) is 13.8 Å². The number of halogens is 1. The zero-order chi connectivity index (χ0) is 13.8. The summed E-state index contributed by atoms with van der Waals surface area (Å²) in [6.07, 6.45) is 0. The van der Waals surface area contributed by atoms with Crippen LogP contribution >= 0.6 is 11.6 Å². The van der Waals surface area contributed by atoms with E-state index in [9.17, 15) is 0 Å². The van der Waals surface area contributed by atoms with Crippen LogP contribution < -0.4 is 10.1 Å². The number of rotatable bonds is 5. The van der Waals surface area contributed by atoms with Crippen molar-refractivity contribution in [1.29, 1.82) is 0 Å². The van der Waals surface area contributed by atoms with Gasteiger partial charge >= 0.3 is 0 Å². The van der Waals surface area contributed by atoms with Crippen molar-refractivity contribution in [1.82, 2.24) is 5.32 Å². The zero-order valence-electron chi connectivity index (χ0n) is 11.4. The largest absolute Gasteiger partial charge is 0.484 e. The first-order chi connectivity index (χ1) is 9.10. The van der Waals surface area contributed by atoms with Crippen molar-refractivity contribution >= 4 is 11.6 Å². The zero-order valence-corrected chi connectivity index (χ0v) is 12.2. The Morgan fingerprint density at radius 3 is 2.74 bits per heavy atom. The highest BCUT2D eigenvalue weighted by Gasteiger charge is 2.08. The molecule has 2 rings (SSSR count). The molecule has 0 saturated heterocycles. The van der Waals surface area contributed by atoms with Crippen LogP contribution in [0.4, 0.5) is 0 Å². The fourth-order valence-electron chi connectivity index (χ4n) is 1.87. The molecule has 0 unspecified atom stereocenters. The van der Waals surface area contributed by atoms with Gasteiger partial charge in [-0.25, -0.2) is 0 Å². The maximum Gasteiger partial charge on any atom is 0.146 e. The molecule has 0 fully saturated rings. The maximum atomic E-state index is 6.12. The number of furan rings is 1. The Hall–Kier alpha value is -1.45. The third-order valence-corrected chi connectivity index (χ3v) is 3.16. The Labute approximate surface area is 118 Å². The second kappa shape index (κ2) is 6.13. The molecule has 4 heteroatoms. The van der Waals surface area contributed by atoms with Crippen molar-refractivity contribution in [2.75, 3.05) is 7.05 Å². The van der Waals surface area contributed by atoms with Crippen molar-refractivity contribution in [2.24, 2.45) is 0 Å². The van der Waals surface area contributed by atoms with Crippen LogP contribution in [0.2, 0.25) is 5.02 Å². The van der Waals surface area contributed by atoms with Gasteiger partial charge in [0, 0.05) is 0 Å². The highest BCUT2D eigenvalue weighted by Crippen LogP contribution is 2.26. The first-order valence-electron chi connectivity index (χ1n) is 6.22. The highest BCUT2D eigenvalue weighted by molar-refractivity contribution is 6.32. The van der Waals surface area contributed by atoms with E-state index in [0.717, 1.165) is 29.2 Å². The van der Waals surface area contributed by atoms with Gasteiger partial charge in [-0.2, -0.15) is 0 Å². The Balaban J connectivity index is 2.04. The molecule has 102 valence electrons. The minimum Gasteiger partial charge on any atom is -0.484 e. The molecule has 0 atom stereocenters. The Morgan fingerprint density at radius 1 is 1.26 bits per heavy atom. The van der Waals surface area contributed by atoms with Gasteiger partial charge in [0.15, 0.2) is 0 Å². The lowest BCUT2D eigenvalue weighted by molar-refractivity contribution is 0.265. The smallest absolute Gasteiger partial charge is 0.146 e. The van der Waals surface area contributed by atoms with Crippen LogP contribution in [0.1, 0.15) is 22.6 Å². The second-order valence-electron chi connectivity index (χ2n) is 4.57. The minimum absolute atomic E-state index is 0.382. The highest BCUT2D eigenvalue weighted by atomic mass is 35.5. The third kappa shape index (κ3) is 3.52. The van der Waals surface area contributed by atoms with Crippen molar-refractivity contribution in [2.45, 2.75) is 27.0 Å². The van der Waals surface area contributed by atoms with Crippen LogP contribution in [0.25, 0.3) is 0 Å². The molecule has 0 aliphatic rings. The molecule has 19 heavy (non-hydrogen) atoms. The van der Waals surface area contributed by atoms with E-state index < -0.39 is 0 Å². The van der Waals surface area contributed by atoms with Crippen LogP contribution in [0.5, 0.6) is 5.75 Å². The molecule has 0 saturated carbocycles. The molecule has 0 bridgehead atoms. The van der Waals surface area contributed by atoms with E-state index in [4.69, 9.17) is 20.8 Å². The van der Waals surface area contributed by atoms with Gasteiger partial charge in [0.1, 0.15) is 23.9 Å². The molecule has 0 aliphatic heterocycles. The van der Waals surface area contributed by atoms with E-state index in [1.807, 2.05) is 45.2 Å². The van der Waals surface area contributed by atoms with Gasteiger partial charge < -0.3 is 14.5 Å². The first kappa shape index (κ1) is 14.0. The van der Waals surface area contributed by atoms with Crippen LogP contribution in [-0.2, 0) is 13.2 Å². The number of hydrogen-bond acceptors (Lipinski definition) is 3. The van der Waals surface area contributed by atoms with Gasteiger partial charge in [-0.3, -0.25) is 0 Å². The van der Waals surface area contributed by atoms with E-state index in [0.29, 0.717) is 17.4 Å². The van der Waals surface area contributed by atoms with Crippen LogP contribution in [-0.4, -0.2) is 7.05 Å². The van der Waals surface area contributed by atoms with Gasteiger partial charge in [-0.05, 0) is 50.2 Å². The minimum atomic E-state index is 0.382. The number of aryl methyl sites for hydroxylation is 2. The molecule has 2 aromatic rings. The Kier molecular flexibility index (Phi) is 4.51. The summed E-state index contributed by atoms with van der Waals surface area (Å²) in [5, 5.41) is 3.70. The topological polar surface area (TPSA) is 34.4 Å². The first-order valence-corrected chi connectivity index (χ1v) is 6.59. The summed E-state index contributed by atoms with van der Waals surface area (Å²) in [6, 6.07) is 7.73. The van der Waals surface area contributed by atoms with Crippen molar-refractivity contribution in [3.63, 3.8) is 0 Å². The molecule has 1 heterocycles. The lowest BCUT2D eigenvalue weighted by atomic mass is 10.2. The number of nitrogens with one attached hydrogen (secondary N) is 1. The van der Waals surface area contributed by atoms with Gasteiger partial charge in [-0.1, -0.05) is 17.7 Å². The standard InChI is InChI=1S/C15H18ClNO2/c1-10-4-5-14(13(16)6-10)18-9-12-7-11(2)15(19-12)8-17-3/h4-7,17H,8-9H2,1-3H3. The molecule has 0 amide bonds. The molecule has 1 aromatic heterocycles. The van der Waals surface area contributed by atoms with Gasteiger partial charge in [0.05, 0.1) is 11.6 Å². The summed E-state index contributed by atoms with van der Waals surface area (Å²) in [5.41, 5.74) is 2.24. The molecule has 0 spiro atoms. The van der Waals surface area contributed by atoms with E-state index in [1.54, 1.807) is 0 Å². The van der Waals surface area contributed by atoms with Gasteiger partial charge in [0.25, 0.3) is 0 Å². The van der Waals surface area contributed by atoms with Crippen molar-refractivity contribution in [3.8, 4) is 5.75 Å². The molecular formula is C15H18ClNO2. The number of ether oxygens (including phenoxy) is 1. The normalized spacial score (nSPS) is 10.7. The summed E-state index contributed by atoms with van der Waals surface area (Å²) < 4.78 is 11.4. The van der Waals surface area contributed by atoms with Crippen molar-refractivity contribution < 1.29 is 9.15 Å². The third-order valence-electron chi connectivity index (χ3n) is 2.87. The van der Waals surface area contributed by atoms with Crippen molar-refractivity contribution in [3.05, 3.63) is 51.9 Å². The average molecular weight is 280 g/mol. The maximum absolute atomic E-state index is 6.12. The van der Waals surface area contributed by atoms with E-state index in [-0.39, 0.29) is 0 Å². The summed E-state index contributed by atoms with van der Waals surface area (Å²) >= 11 is 6.12. The Bertz CT molecular complexity index is 563. The molecular weight excluding hydrogens is 262 g/mol. The number of benzene rings is 1. The molecule has 0 radical (unpaired) electrons. The summed E-state index contributed by atoms with van der Waals surface area (Å²) in [6.45, 7) is 5.12. The summed E-state index contributed by atoms with van der Waals surface area (Å²) in [4.78, 5) is 0. The average Bonchev–Trinajstić information content (AvgIpc) is 2.70. The second-order valence-corrected chi connectivity index (χ2v) is 4.98. The predicted octanol–water partition coefficient (Wildman–Crippen LogP) is 3.85. The molecule has 1 aromatic carbocycles. The lowest BCUT2D eigenvalue weighted by Gasteiger charge is -2.06. The fraction of sp³-hybridized carbons (Fsp3) is 0.333. The summed E-state index contributed by atoms with van der Waals surface area (Å²) in [7, 11) is 1.89. The van der Waals surface area contributed by atoms with Crippen LogP contribution in [0.15, 0.2) is 28.7 Å². The van der Waals surface area contributed by atoms with Crippen LogP contribution in [0.3, 0.4) is 0 Å². The van der Waals surface area contributed by atoms with Gasteiger partial charge in [0.2, 0.25) is 0 Å². The molecule has 0 aliphatic carbocycles. The van der Waals surface area contributed by atoms with Gasteiger partial charge in [-0.15, -0.1) is 0 Å². The fourth-order valence-corrected chi connectivity index (χ4v) is 2.16. The Morgan fingerprint density at radius 2 is 2.05 bits per heavy atom. The monoisotopic (exact) mass is 279 g/mol. The van der Waals surface area contributed by atoms with E-state index in [2.05, 4.69) is 5.32 Å². The molecule has 3 nitrogen and oxygen atoms in total. The summed E-state index contributed by atoms with van der Waals surface area (Å²) in [5.74, 6) is 2.42. The van der Waals surface area contributed by atoms with E-state index in [1.165, 1.54) is 0 Å². The molecule has 1 N–H and O–H groups in total. The lowest BCUT2D eigenvalue weighted by Crippen LogP contribution is -2.04. The number of hydrogen-bond donors (Lipinski definition) is 1.